The normalized spacial score (nSPS) is 13.4. The summed E-state index contributed by atoms with van der Waals surface area (Å²) in [5.74, 6) is 1.27. The van der Waals surface area contributed by atoms with E-state index in [4.69, 9.17) is 8.83 Å². The van der Waals surface area contributed by atoms with Crippen LogP contribution in [-0.4, -0.2) is 9.97 Å². The molecule has 6 aromatic rings. The molecule has 4 heteroatoms. The molecule has 0 spiro atoms. The average Bonchev–Trinajstić information content (AvgIpc) is 3.71. The molecular formula is C33H24N2O2. The Morgan fingerprint density at radius 2 is 0.946 bits per heavy atom. The number of benzene rings is 4. The van der Waals surface area contributed by atoms with Crippen molar-refractivity contribution in [3.8, 4) is 56.3 Å². The molecule has 0 saturated carbocycles. The summed E-state index contributed by atoms with van der Waals surface area (Å²) in [4.78, 5) is 8.61. The summed E-state index contributed by atoms with van der Waals surface area (Å²) in [5, 5.41) is 0. The fraction of sp³-hybridized carbons (Fsp3) is 0.0909. The van der Waals surface area contributed by atoms with Crippen molar-refractivity contribution in [3.63, 3.8) is 0 Å². The van der Waals surface area contributed by atoms with Crippen LogP contribution in [0.3, 0.4) is 0 Å². The second-order valence-electron chi connectivity index (χ2n) is 9.98. The van der Waals surface area contributed by atoms with E-state index in [1.165, 1.54) is 33.4 Å². The number of rotatable bonds is 4. The predicted molar refractivity (Wildman–Crippen MR) is 146 cm³/mol. The lowest BCUT2D eigenvalue weighted by atomic mass is 9.80. The van der Waals surface area contributed by atoms with E-state index in [0.717, 1.165) is 22.3 Å². The van der Waals surface area contributed by atoms with Gasteiger partial charge in [0.2, 0.25) is 11.8 Å². The molecule has 2 heterocycles. The van der Waals surface area contributed by atoms with E-state index in [2.05, 4.69) is 96.6 Å². The first-order valence-electron chi connectivity index (χ1n) is 12.4. The van der Waals surface area contributed by atoms with E-state index >= 15 is 0 Å². The first kappa shape index (κ1) is 21.6. The SMILES string of the molecule is CC1(C)c2cc(-c3cccc(-c4ncco4)c3)ccc2-c2ccc(-c3cccc(-c4ncco4)c3)cc21. The summed E-state index contributed by atoms with van der Waals surface area (Å²) in [7, 11) is 0. The van der Waals surface area contributed by atoms with Gasteiger partial charge in [-0.15, -0.1) is 0 Å². The van der Waals surface area contributed by atoms with E-state index in [0.29, 0.717) is 11.8 Å². The van der Waals surface area contributed by atoms with Crippen LogP contribution in [0.15, 0.2) is 119 Å². The van der Waals surface area contributed by atoms with Gasteiger partial charge in [0.25, 0.3) is 0 Å². The van der Waals surface area contributed by atoms with Crippen LogP contribution < -0.4 is 0 Å². The maximum Gasteiger partial charge on any atom is 0.225 e. The molecule has 37 heavy (non-hydrogen) atoms. The summed E-state index contributed by atoms with van der Waals surface area (Å²) in [5.41, 5.74) is 11.8. The second-order valence-corrected chi connectivity index (χ2v) is 9.98. The Kier molecular flexibility index (Phi) is 4.76. The van der Waals surface area contributed by atoms with Crippen LogP contribution in [0.25, 0.3) is 56.3 Å². The molecule has 0 saturated heterocycles. The molecule has 7 rings (SSSR count). The highest BCUT2D eigenvalue weighted by atomic mass is 16.3. The Morgan fingerprint density at radius 3 is 1.38 bits per heavy atom. The van der Waals surface area contributed by atoms with Crippen LogP contribution in [0.4, 0.5) is 0 Å². The Hall–Kier alpha value is -4.70. The first-order valence-corrected chi connectivity index (χ1v) is 12.4. The van der Waals surface area contributed by atoms with Crippen LogP contribution in [0.2, 0.25) is 0 Å². The van der Waals surface area contributed by atoms with Gasteiger partial charge in [-0.2, -0.15) is 0 Å². The molecule has 0 unspecified atom stereocenters. The predicted octanol–water partition coefficient (Wildman–Crippen LogP) is 8.64. The topological polar surface area (TPSA) is 52.1 Å². The standard InChI is InChI=1S/C33H24N2O2/c1-33(2)29-19-23(21-5-3-7-25(17-21)31-34-13-15-36-31)9-11-27(29)28-12-10-24(20-30(28)33)22-6-4-8-26(18-22)32-35-14-16-37-32/h3-20H,1-2H3. The number of oxazole rings is 2. The number of nitrogens with zero attached hydrogens (tertiary/aromatic N) is 2. The summed E-state index contributed by atoms with van der Waals surface area (Å²) in [6, 6.07) is 30.4. The van der Waals surface area contributed by atoms with E-state index in [-0.39, 0.29) is 5.41 Å². The highest BCUT2D eigenvalue weighted by Crippen LogP contribution is 2.50. The smallest absolute Gasteiger partial charge is 0.225 e. The number of hydrogen-bond acceptors (Lipinski definition) is 4. The summed E-state index contributed by atoms with van der Waals surface area (Å²) in [6.07, 6.45) is 6.57. The Bertz CT molecular complexity index is 1620. The molecule has 0 fully saturated rings. The fourth-order valence-corrected chi connectivity index (χ4v) is 5.49. The minimum atomic E-state index is -0.128. The van der Waals surface area contributed by atoms with Crippen LogP contribution in [0.5, 0.6) is 0 Å². The molecule has 1 aliphatic carbocycles. The Balaban J connectivity index is 1.28. The lowest BCUT2D eigenvalue weighted by Crippen LogP contribution is -2.15. The molecule has 1 aliphatic rings. The lowest BCUT2D eigenvalue weighted by Gasteiger charge is -2.22. The minimum absolute atomic E-state index is 0.128. The van der Waals surface area contributed by atoms with E-state index in [1.807, 2.05) is 12.1 Å². The molecule has 178 valence electrons. The third-order valence-electron chi connectivity index (χ3n) is 7.43. The molecular weight excluding hydrogens is 456 g/mol. The third-order valence-corrected chi connectivity index (χ3v) is 7.43. The van der Waals surface area contributed by atoms with Crippen LogP contribution in [-0.2, 0) is 5.41 Å². The highest BCUT2D eigenvalue weighted by molar-refractivity contribution is 5.86. The molecule has 0 atom stereocenters. The number of hydrogen-bond donors (Lipinski definition) is 0. The Morgan fingerprint density at radius 1 is 0.514 bits per heavy atom. The Labute approximate surface area is 215 Å². The van der Waals surface area contributed by atoms with E-state index in [1.54, 1.807) is 24.9 Å². The van der Waals surface area contributed by atoms with Gasteiger partial charge in [0.15, 0.2) is 0 Å². The van der Waals surface area contributed by atoms with Gasteiger partial charge in [0.05, 0.1) is 12.4 Å². The third kappa shape index (κ3) is 3.53. The minimum Gasteiger partial charge on any atom is -0.445 e. The van der Waals surface area contributed by atoms with Crippen LogP contribution in [0, 0.1) is 0 Å². The van der Waals surface area contributed by atoms with E-state index in [9.17, 15) is 0 Å². The number of fused-ring (bicyclic) bond motifs is 3. The van der Waals surface area contributed by atoms with Crippen molar-refractivity contribution in [2.24, 2.45) is 0 Å². The van der Waals surface area contributed by atoms with Crippen molar-refractivity contribution in [3.05, 3.63) is 121 Å². The van der Waals surface area contributed by atoms with Gasteiger partial charge < -0.3 is 8.83 Å². The molecule has 2 aromatic heterocycles. The fourth-order valence-electron chi connectivity index (χ4n) is 5.49. The van der Waals surface area contributed by atoms with Crippen molar-refractivity contribution in [1.82, 2.24) is 9.97 Å². The summed E-state index contributed by atoms with van der Waals surface area (Å²) in [6.45, 7) is 4.63. The van der Waals surface area contributed by atoms with Gasteiger partial charge in [-0.1, -0.05) is 62.4 Å². The van der Waals surface area contributed by atoms with Crippen molar-refractivity contribution < 1.29 is 8.83 Å². The molecule has 4 aromatic carbocycles. The van der Waals surface area contributed by atoms with Crippen LogP contribution >= 0.6 is 0 Å². The molecule has 0 radical (unpaired) electrons. The maximum atomic E-state index is 5.52. The quantitative estimate of drug-likeness (QED) is 0.253. The molecule has 0 bridgehead atoms. The molecule has 4 nitrogen and oxygen atoms in total. The van der Waals surface area contributed by atoms with Gasteiger partial charge in [0, 0.05) is 16.5 Å². The van der Waals surface area contributed by atoms with Crippen molar-refractivity contribution in [2.75, 3.05) is 0 Å². The van der Waals surface area contributed by atoms with Gasteiger partial charge >= 0.3 is 0 Å². The molecule has 0 N–H and O–H groups in total. The van der Waals surface area contributed by atoms with E-state index < -0.39 is 0 Å². The van der Waals surface area contributed by atoms with Crippen molar-refractivity contribution in [1.29, 1.82) is 0 Å². The molecule has 0 amide bonds. The first-order chi connectivity index (χ1) is 18.1. The largest absolute Gasteiger partial charge is 0.445 e. The summed E-state index contributed by atoms with van der Waals surface area (Å²) < 4.78 is 11.0. The van der Waals surface area contributed by atoms with Gasteiger partial charge in [0.1, 0.15) is 12.5 Å². The summed E-state index contributed by atoms with van der Waals surface area (Å²) >= 11 is 0. The average molecular weight is 481 g/mol. The van der Waals surface area contributed by atoms with Crippen molar-refractivity contribution >= 4 is 0 Å². The zero-order chi connectivity index (χ0) is 25.0. The van der Waals surface area contributed by atoms with Gasteiger partial charge in [-0.25, -0.2) is 9.97 Å². The maximum absolute atomic E-state index is 5.52. The monoisotopic (exact) mass is 480 g/mol. The second kappa shape index (κ2) is 8.17. The van der Waals surface area contributed by atoms with Crippen LogP contribution in [0.1, 0.15) is 25.0 Å². The zero-order valence-corrected chi connectivity index (χ0v) is 20.6. The van der Waals surface area contributed by atoms with Gasteiger partial charge in [-0.05, 0) is 80.9 Å². The number of aromatic nitrogens is 2. The van der Waals surface area contributed by atoms with Crippen molar-refractivity contribution in [2.45, 2.75) is 19.3 Å². The highest BCUT2D eigenvalue weighted by Gasteiger charge is 2.35. The van der Waals surface area contributed by atoms with Gasteiger partial charge in [-0.3, -0.25) is 0 Å². The zero-order valence-electron chi connectivity index (χ0n) is 20.6. The molecule has 0 aliphatic heterocycles. The lowest BCUT2D eigenvalue weighted by molar-refractivity contribution is 0.574.